The van der Waals surface area contributed by atoms with Gasteiger partial charge < -0.3 is 15.2 Å². The quantitative estimate of drug-likeness (QED) is 0.420. The number of hydrogen-bond donors (Lipinski definition) is 1. The maximum absolute atomic E-state index is 10.1. The van der Waals surface area contributed by atoms with Crippen LogP contribution in [0, 0.1) is 0 Å². The van der Waals surface area contributed by atoms with Gasteiger partial charge in [0.05, 0.1) is 12.0 Å². The van der Waals surface area contributed by atoms with Gasteiger partial charge in [-0.05, 0) is 12.6 Å². The fraction of sp³-hybridized carbons (Fsp3) is 0.500. The van der Waals surface area contributed by atoms with Gasteiger partial charge in [-0.15, -0.1) is 0 Å². The zero-order chi connectivity index (χ0) is 7.28. The van der Waals surface area contributed by atoms with Crippen molar-refractivity contribution < 1.29 is 39.5 Å². The van der Waals surface area contributed by atoms with Crippen molar-refractivity contribution in [3.8, 4) is 0 Å². The van der Waals surface area contributed by atoms with Crippen molar-refractivity contribution in [2.45, 2.75) is 19.4 Å². The summed E-state index contributed by atoms with van der Waals surface area (Å²) in [5, 5.41) is 12.6. The first-order chi connectivity index (χ1) is 4.22. The molecule has 0 bridgehead atoms. The third-order valence-corrected chi connectivity index (χ3v) is 1.01. The van der Waals surface area contributed by atoms with Crippen LogP contribution in [0.15, 0.2) is 12.8 Å². The van der Waals surface area contributed by atoms with E-state index in [4.69, 9.17) is 0 Å². The van der Waals surface area contributed by atoms with Gasteiger partial charge in [0.2, 0.25) is 0 Å². The van der Waals surface area contributed by atoms with Crippen molar-refractivity contribution >= 4 is 5.97 Å². The Labute approximate surface area is 82.8 Å². The van der Waals surface area contributed by atoms with Gasteiger partial charge in [-0.1, -0.05) is 13.5 Å². The summed E-state index contributed by atoms with van der Waals surface area (Å²) >= 11 is 0. The Kier molecular flexibility index (Phi) is 9.02. The number of carboxylic acid groups (broad SMARTS) is 1. The van der Waals surface area contributed by atoms with E-state index in [0.717, 1.165) is 0 Å². The zero-order valence-corrected chi connectivity index (χ0v) is 8.39. The minimum absolute atomic E-state index is 0. The van der Waals surface area contributed by atoms with Crippen LogP contribution in [-0.2, 0) is 4.79 Å². The molecule has 0 aliphatic rings. The Bertz CT molecular complexity index is 116. The van der Waals surface area contributed by atoms with Crippen molar-refractivity contribution in [1.29, 1.82) is 0 Å². The molecule has 3 nitrogen and oxygen atoms in total. The Morgan fingerprint density at radius 1 is 1.90 bits per heavy atom. The molecule has 10 heavy (non-hydrogen) atoms. The number of carbonyl (C=O) groups is 1. The van der Waals surface area contributed by atoms with Gasteiger partial charge in [-0.25, -0.2) is 0 Å². The monoisotopic (exact) mass is 151 g/mol. The van der Waals surface area contributed by atoms with E-state index in [1.807, 2.05) is 0 Å². The minimum Gasteiger partial charge on any atom is -0.548 e. The first-order valence-electron chi connectivity index (χ1n) is 2.80. The van der Waals surface area contributed by atoms with E-state index < -0.39 is 12.0 Å². The molecular formula is C6H10NNaO2. The normalized spacial score (nSPS) is 10.9. The van der Waals surface area contributed by atoms with Gasteiger partial charge in [-0.3, -0.25) is 0 Å². The van der Waals surface area contributed by atoms with Gasteiger partial charge in [-0.2, -0.15) is 0 Å². The number of carbonyl (C=O) groups excluding carboxylic acids is 1. The predicted octanol–water partition coefficient (Wildman–Crippen LogP) is -3.75. The van der Waals surface area contributed by atoms with Crippen LogP contribution in [0.4, 0.5) is 0 Å². The van der Waals surface area contributed by atoms with E-state index in [-0.39, 0.29) is 29.6 Å². The van der Waals surface area contributed by atoms with Crippen molar-refractivity contribution in [2.24, 2.45) is 0 Å². The summed E-state index contributed by atoms with van der Waals surface area (Å²) in [7, 11) is 0. The molecule has 0 aromatic rings. The molecule has 0 amide bonds. The molecule has 1 atom stereocenters. The molecule has 1 N–H and O–H groups in total. The van der Waals surface area contributed by atoms with Gasteiger partial charge in [0.1, 0.15) is 0 Å². The zero-order valence-electron chi connectivity index (χ0n) is 6.39. The standard InChI is InChI=1S/C6H11NO2.Na/c1-3-5(6(8)9)7-4-2;/h4-5,7H,2-3H2,1H3,(H,8,9);/q;+1/p-1/t5-;/m1./s1. The molecule has 4 heteroatoms. The molecular weight excluding hydrogens is 141 g/mol. The second-order valence-electron chi connectivity index (χ2n) is 1.65. The molecule has 0 fully saturated rings. The predicted molar refractivity (Wildman–Crippen MR) is 32.4 cm³/mol. The Balaban J connectivity index is 0. The topological polar surface area (TPSA) is 52.2 Å². The van der Waals surface area contributed by atoms with E-state index in [1.54, 1.807) is 6.92 Å². The van der Waals surface area contributed by atoms with Crippen LogP contribution in [0.5, 0.6) is 0 Å². The number of aliphatic carboxylic acids is 1. The molecule has 0 aromatic carbocycles. The molecule has 0 radical (unpaired) electrons. The fourth-order valence-corrected chi connectivity index (χ4v) is 0.495. The van der Waals surface area contributed by atoms with Crippen molar-refractivity contribution in [3.63, 3.8) is 0 Å². The van der Waals surface area contributed by atoms with Crippen LogP contribution in [0.3, 0.4) is 0 Å². The maximum Gasteiger partial charge on any atom is 1.00 e. The van der Waals surface area contributed by atoms with Crippen molar-refractivity contribution in [1.82, 2.24) is 5.32 Å². The van der Waals surface area contributed by atoms with E-state index >= 15 is 0 Å². The summed E-state index contributed by atoms with van der Waals surface area (Å²) in [6.45, 7) is 5.09. The van der Waals surface area contributed by atoms with E-state index in [0.29, 0.717) is 6.42 Å². The van der Waals surface area contributed by atoms with Gasteiger partial charge >= 0.3 is 29.6 Å². The Morgan fingerprint density at radius 2 is 2.40 bits per heavy atom. The van der Waals surface area contributed by atoms with E-state index in [1.165, 1.54) is 6.20 Å². The van der Waals surface area contributed by atoms with Crippen LogP contribution in [0.2, 0.25) is 0 Å². The van der Waals surface area contributed by atoms with Gasteiger partial charge in [0.25, 0.3) is 0 Å². The van der Waals surface area contributed by atoms with Crippen LogP contribution >= 0.6 is 0 Å². The molecule has 0 saturated heterocycles. The summed E-state index contributed by atoms with van der Waals surface area (Å²) < 4.78 is 0. The number of carboxylic acids is 1. The Hall–Kier alpha value is 0.0100. The molecule has 0 heterocycles. The molecule has 0 spiro atoms. The molecule has 0 aliphatic heterocycles. The summed E-state index contributed by atoms with van der Waals surface area (Å²) in [5.74, 6) is -1.09. The van der Waals surface area contributed by atoms with Crippen LogP contribution in [0.1, 0.15) is 13.3 Å². The maximum atomic E-state index is 10.1. The number of hydrogen-bond acceptors (Lipinski definition) is 3. The third kappa shape index (κ3) is 4.85. The first kappa shape index (κ1) is 12.7. The van der Waals surface area contributed by atoms with Crippen LogP contribution in [-0.4, -0.2) is 12.0 Å². The number of rotatable bonds is 4. The molecule has 0 rings (SSSR count). The molecule has 0 unspecified atom stereocenters. The van der Waals surface area contributed by atoms with E-state index in [2.05, 4.69) is 11.9 Å². The second-order valence-corrected chi connectivity index (χ2v) is 1.65. The van der Waals surface area contributed by atoms with Gasteiger partial charge in [0, 0.05) is 0 Å². The Morgan fingerprint density at radius 3 is 2.50 bits per heavy atom. The summed E-state index contributed by atoms with van der Waals surface area (Å²) in [6.07, 6.45) is 1.86. The van der Waals surface area contributed by atoms with Crippen molar-refractivity contribution in [2.75, 3.05) is 0 Å². The summed E-state index contributed by atoms with van der Waals surface area (Å²) in [5.41, 5.74) is 0. The largest absolute Gasteiger partial charge is 1.00 e. The van der Waals surface area contributed by atoms with E-state index in [9.17, 15) is 9.90 Å². The first-order valence-corrected chi connectivity index (χ1v) is 2.80. The third-order valence-electron chi connectivity index (χ3n) is 1.01. The summed E-state index contributed by atoms with van der Waals surface area (Å²) in [4.78, 5) is 10.1. The van der Waals surface area contributed by atoms with Crippen LogP contribution in [0.25, 0.3) is 0 Å². The fourth-order valence-electron chi connectivity index (χ4n) is 0.495. The van der Waals surface area contributed by atoms with Crippen molar-refractivity contribution in [3.05, 3.63) is 12.8 Å². The summed E-state index contributed by atoms with van der Waals surface area (Å²) in [6, 6.07) is -0.595. The van der Waals surface area contributed by atoms with Crippen LogP contribution < -0.4 is 40.0 Å². The second kappa shape index (κ2) is 7.12. The SMILES string of the molecule is C=CN[C@H](CC)C(=O)[O-].[Na+]. The molecule has 0 aliphatic carbocycles. The smallest absolute Gasteiger partial charge is 0.548 e. The number of nitrogens with one attached hydrogen (secondary N) is 1. The van der Waals surface area contributed by atoms with Gasteiger partial charge in [0.15, 0.2) is 0 Å². The average molecular weight is 151 g/mol. The minimum atomic E-state index is -1.09. The molecule has 52 valence electrons. The molecule has 0 aromatic heterocycles. The average Bonchev–Trinajstić information content (AvgIpc) is 1.82. The molecule has 0 saturated carbocycles.